The smallest absolute Gasteiger partial charge is 0.142 e. The van der Waals surface area contributed by atoms with Crippen LogP contribution in [0.25, 0.3) is 0 Å². The van der Waals surface area contributed by atoms with E-state index in [1.807, 2.05) is 0 Å². The Bertz CT molecular complexity index is 75.9. The first-order valence-corrected chi connectivity index (χ1v) is 1.60. The number of rotatable bonds is 3. The Morgan fingerprint density at radius 1 is 1.50 bits per heavy atom. The molecule has 0 heterocycles. The van der Waals surface area contributed by atoms with Gasteiger partial charge in [-0.1, -0.05) is 4.89 Å². The van der Waals surface area contributed by atoms with E-state index in [0.29, 0.717) is 0 Å². The molecule has 0 atom stereocenters. The SMILES string of the molecule is [2H]SOOOC(F)(F)F. The quantitative estimate of drug-likeness (QED) is 0.216. The fourth-order valence-electron chi connectivity index (χ4n) is 0.0525. The standard InChI is InChI=1S/CHF3O3S/c2-1(3,4)5-6-7-8/h8H/i/hD. The molecule has 0 saturated carbocycles. The summed E-state index contributed by atoms with van der Waals surface area (Å²) in [5.41, 5.74) is 0. The van der Waals surface area contributed by atoms with Gasteiger partial charge in [0.15, 0.2) is 0 Å². The number of hydrogen-bond acceptors (Lipinski definition) is 4. The number of halogens is 3. The third-order valence-corrected chi connectivity index (χ3v) is 0.212. The van der Waals surface area contributed by atoms with Gasteiger partial charge in [-0.25, -0.2) is 0 Å². The lowest BCUT2D eigenvalue weighted by Crippen LogP contribution is -2.12. The number of thiol groups is 1. The fraction of sp³-hybridized carbons (Fsp3) is 1.00. The third kappa shape index (κ3) is 6.02. The normalized spacial score (nSPS) is 13.6. The van der Waals surface area contributed by atoms with Crippen molar-refractivity contribution >= 4 is 12.8 Å². The highest BCUT2D eigenvalue weighted by Gasteiger charge is 2.31. The van der Waals surface area contributed by atoms with Crippen molar-refractivity contribution in [3.8, 4) is 0 Å². The molecule has 0 aliphatic rings. The van der Waals surface area contributed by atoms with Gasteiger partial charge in [0.2, 0.25) is 0 Å². The lowest BCUT2D eigenvalue weighted by atomic mass is 11.4. The largest absolute Gasteiger partial charge is 0.551 e. The predicted octanol–water partition coefficient (Wildman–Crippen LogP) is 1.23. The van der Waals surface area contributed by atoms with Gasteiger partial charge in [0, 0.05) is 12.8 Å². The van der Waals surface area contributed by atoms with Crippen molar-refractivity contribution in [2.75, 3.05) is 0 Å². The van der Waals surface area contributed by atoms with E-state index in [1.165, 1.54) is 0 Å². The zero-order valence-corrected chi connectivity index (χ0v) is 4.08. The van der Waals surface area contributed by atoms with Crippen LogP contribution in [0.2, 0.25) is 0 Å². The Morgan fingerprint density at radius 2 is 2.12 bits per heavy atom. The maximum atomic E-state index is 10.9. The zero-order chi connectivity index (χ0) is 7.33. The van der Waals surface area contributed by atoms with Gasteiger partial charge in [-0.05, 0) is 5.04 Å². The van der Waals surface area contributed by atoms with Crippen LogP contribution >= 0.6 is 12.8 Å². The minimum Gasteiger partial charge on any atom is -0.142 e. The van der Waals surface area contributed by atoms with Gasteiger partial charge in [0.05, 0.1) is 0 Å². The van der Waals surface area contributed by atoms with E-state index in [-0.39, 0.29) is 12.8 Å². The molecular formula is CHF3O3S. The van der Waals surface area contributed by atoms with Crippen molar-refractivity contribution in [3.63, 3.8) is 0 Å². The van der Waals surface area contributed by atoms with Crippen LogP contribution in [0.1, 0.15) is 0 Å². The molecule has 0 aromatic rings. The summed E-state index contributed by atoms with van der Waals surface area (Å²) >= 11 is -0.155. The summed E-state index contributed by atoms with van der Waals surface area (Å²) < 4.78 is 42.0. The number of alkyl halides is 3. The minimum atomic E-state index is -4.89. The molecule has 8 heavy (non-hydrogen) atoms. The summed E-state index contributed by atoms with van der Waals surface area (Å²) in [6.07, 6.45) is -4.89. The summed E-state index contributed by atoms with van der Waals surface area (Å²) in [7, 11) is 0. The van der Waals surface area contributed by atoms with Gasteiger partial charge in [-0.15, -0.1) is 17.5 Å². The van der Waals surface area contributed by atoms with Crippen LogP contribution in [0.5, 0.6) is 0 Å². The van der Waals surface area contributed by atoms with Gasteiger partial charge < -0.3 is 0 Å². The fourth-order valence-corrected chi connectivity index (χ4v) is 0.0802. The monoisotopic (exact) mass is 151 g/mol. The van der Waals surface area contributed by atoms with Crippen molar-refractivity contribution in [2.24, 2.45) is 0 Å². The molecule has 0 bridgehead atoms. The maximum Gasteiger partial charge on any atom is 0.551 e. The van der Waals surface area contributed by atoms with Crippen molar-refractivity contribution < 1.29 is 27.4 Å². The van der Waals surface area contributed by atoms with Gasteiger partial charge in [0.25, 0.3) is 0 Å². The summed E-state index contributed by atoms with van der Waals surface area (Å²) in [5.74, 6) is 0. The lowest BCUT2D eigenvalue weighted by Gasteiger charge is -2.00. The lowest BCUT2D eigenvalue weighted by molar-refractivity contribution is -0.570. The molecule has 3 nitrogen and oxygen atoms in total. The maximum absolute atomic E-state index is 10.9. The Balaban J connectivity index is 3.07. The first kappa shape index (κ1) is 6.14. The molecule has 0 aromatic carbocycles. The predicted molar refractivity (Wildman–Crippen MR) is 18.3 cm³/mol. The van der Waals surface area contributed by atoms with Crippen molar-refractivity contribution in [2.45, 2.75) is 6.36 Å². The first-order valence-electron chi connectivity index (χ1n) is 1.68. The highest BCUT2D eigenvalue weighted by atomic mass is 32.1. The molecule has 0 amide bonds. The first-order chi connectivity index (χ1) is 4.06. The van der Waals surface area contributed by atoms with E-state index in [1.54, 1.807) is 0 Å². The second kappa shape index (κ2) is 3.13. The van der Waals surface area contributed by atoms with Crippen LogP contribution in [-0.2, 0) is 14.3 Å². The van der Waals surface area contributed by atoms with Crippen LogP contribution in [-0.4, -0.2) is 7.49 Å². The van der Waals surface area contributed by atoms with E-state index in [9.17, 15) is 13.2 Å². The van der Waals surface area contributed by atoms with Crippen LogP contribution in [0.15, 0.2) is 0 Å². The molecule has 0 radical (unpaired) electrons. The second-order valence-electron chi connectivity index (χ2n) is 0.665. The summed E-state index contributed by atoms with van der Waals surface area (Å²) in [5, 5.41) is 3.00. The molecular weight excluding hydrogens is 149 g/mol. The highest BCUT2D eigenvalue weighted by molar-refractivity contribution is 7.74. The van der Waals surface area contributed by atoms with E-state index < -0.39 is 6.36 Å². The molecule has 0 fully saturated rings. The zero-order valence-electron chi connectivity index (χ0n) is 4.27. The molecule has 0 rings (SSSR count). The molecule has 0 aliphatic carbocycles. The van der Waals surface area contributed by atoms with Crippen LogP contribution < -0.4 is 0 Å². The molecule has 0 saturated heterocycles. The van der Waals surface area contributed by atoms with Crippen molar-refractivity contribution in [1.29, 1.82) is 1.12 Å². The third-order valence-electron chi connectivity index (χ3n) is 0.156. The van der Waals surface area contributed by atoms with Crippen LogP contribution in [0.4, 0.5) is 13.2 Å². The van der Waals surface area contributed by atoms with Crippen molar-refractivity contribution in [1.82, 2.24) is 0 Å². The van der Waals surface area contributed by atoms with E-state index in [0.717, 1.165) is 0 Å². The molecule has 0 N–H and O–H groups in total. The Kier molecular flexibility index (Phi) is 2.40. The van der Waals surface area contributed by atoms with Gasteiger partial charge in [-0.3, -0.25) is 0 Å². The van der Waals surface area contributed by atoms with Gasteiger partial charge >= 0.3 is 6.36 Å². The summed E-state index contributed by atoms with van der Waals surface area (Å²) in [6, 6.07) is 0. The van der Waals surface area contributed by atoms with Crippen molar-refractivity contribution in [3.05, 3.63) is 0 Å². The topological polar surface area (TPSA) is 27.7 Å². The average Bonchev–Trinajstić information content (AvgIpc) is 1.63. The Hall–Kier alpha value is 0.0200. The molecule has 0 spiro atoms. The molecule has 7 heteroatoms. The van der Waals surface area contributed by atoms with Crippen LogP contribution in [0.3, 0.4) is 0 Å². The van der Waals surface area contributed by atoms with E-state index in [4.69, 9.17) is 1.12 Å². The Labute approximate surface area is 48.9 Å². The molecule has 0 aliphatic heterocycles. The minimum absolute atomic E-state index is 0.155. The summed E-state index contributed by atoms with van der Waals surface area (Å²) in [4.78, 5) is 2.61. The molecule has 0 unspecified atom stereocenters. The average molecular weight is 151 g/mol. The highest BCUT2D eigenvalue weighted by Crippen LogP contribution is 2.16. The summed E-state index contributed by atoms with van der Waals surface area (Å²) in [6.45, 7) is 0. The molecule has 50 valence electrons. The number of hydrogen-bond donors (Lipinski definition) is 1. The van der Waals surface area contributed by atoms with Gasteiger partial charge in [-0.2, -0.15) is 0 Å². The van der Waals surface area contributed by atoms with E-state index >= 15 is 0 Å². The second-order valence-corrected chi connectivity index (χ2v) is 0.801. The molecule has 0 aromatic heterocycles. The van der Waals surface area contributed by atoms with Gasteiger partial charge in [0.1, 0.15) is 1.12 Å². The van der Waals surface area contributed by atoms with Crippen LogP contribution in [0, 0.1) is 0 Å². The van der Waals surface area contributed by atoms with E-state index in [2.05, 4.69) is 14.3 Å². The Morgan fingerprint density at radius 3 is 2.50 bits per heavy atom.